The molecule has 0 N–H and O–H groups in total. The van der Waals surface area contributed by atoms with Crippen molar-refractivity contribution in [3.05, 3.63) is 11.8 Å². The lowest BCUT2D eigenvalue weighted by Gasteiger charge is -2.19. The largest absolute Gasteiger partial charge is 0.159 e. The van der Waals surface area contributed by atoms with E-state index in [1.165, 1.54) is 56.2 Å². The van der Waals surface area contributed by atoms with Crippen molar-refractivity contribution >= 4 is 5.71 Å². The third-order valence-corrected chi connectivity index (χ3v) is 3.31. The molecule has 2 rings (SSSR count). The standard InChI is InChI=1S/C12H19N2/c1-10-9-13-14-12(10)11-7-5-3-2-4-6-8-11/h9,11H,2-8H2,1H3. The number of rotatable bonds is 1. The first kappa shape index (κ1) is 9.75. The van der Waals surface area contributed by atoms with Crippen molar-refractivity contribution in [3.63, 3.8) is 0 Å². The van der Waals surface area contributed by atoms with Crippen molar-refractivity contribution in [1.82, 2.24) is 5.43 Å². The predicted octanol–water partition coefficient (Wildman–Crippen LogP) is 3.22. The Morgan fingerprint density at radius 2 is 1.71 bits per heavy atom. The van der Waals surface area contributed by atoms with Gasteiger partial charge in [0.1, 0.15) is 0 Å². The minimum Gasteiger partial charge on any atom is -0.159 e. The first-order chi connectivity index (χ1) is 6.88. The van der Waals surface area contributed by atoms with Gasteiger partial charge in [-0.3, -0.25) is 0 Å². The highest BCUT2D eigenvalue weighted by Gasteiger charge is 2.21. The molecule has 0 saturated heterocycles. The van der Waals surface area contributed by atoms with E-state index < -0.39 is 0 Å². The molecule has 0 aromatic heterocycles. The van der Waals surface area contributed by atoms with Crippen LogP contribution in [0.5, 0.6) is 0 Å². The second-order valence-electron chi connectivity index (χ2n) is 4.45. The van der Waals surface area contributed by atoms with Crippen LogP contribution in [0.3, 0.4) is 0 Å². The van der Waals surface area contributed by atoms with E-state index in [4.69, 9.17) is 0 Å². The van der Waals surface area contributed by atoms with Crippen molar-refractivity contribution in [2.75, 3.05) is 0 Å². The maximum Gasteiger partial charge on any atom is 0.0706 e. The van der Waals surface area contributed by atoms with Crippen molar-refractivity contribution in [2.24, 2.45) is 11.0 Å². The SMILES string of the molecule is CC1=C[N]N=C1C1CCCCCCC1. The molecule has 2 heteroatoms. The molecule has 0 amide bonds. The third-order valence-electron chi connectivity index (χ3n) is 3.31. The van der Waals surface area contributed by atoms with Crippen LogP contribution < -0.4 is 5.43 Å². The molecule has 0 spiro atoms. The summed E-state index contributed by atoms with van der Waals surface area (Å²) in [7, 11) is 0. The number of allylic oxidation sites excluding steroid dienone is 1. The van der Waals surface area contributed by atoms with Gasteiger partial charge in [-0.2, -0.15) is 10.5 Å². The Labute approximate surface area is 86.5 Å². The van der Waals surface area contributed by atoms with Gasteiger partial charge in [0.2, 0.25) is 0 Å². The van der Waals surface area contributed by atoms with Crippen LogP contribution in [0.25, 0.3) is 0 Å². The van der Waals surface area contributed by atoms with Crippen LogP contribution in [-0.4, -0.2) is 5.71 Å². The highest BCUT2D eigenvalue weighted by atomic mass is 15.3. The van der Waals surface area contributed by atoms with E-state index in [0.717, 1.165) is 0 Å². The first-order valence-electron chi connectivity index (χ1n) is 5.83. The van der Waals surface area contributed by atoms with Gasteiger partial charge in [-0.15, -0.1) is 0 Å². The molecule has 1 radical (unpaired) electrons. The van der Waals surface area contributed by atoms with E-state index in [0.29, 0.717) is 5.92 Å². The average molecular weight is 191 g/mol. The summed E-state index contributed by atoms with van der Waals surface area (Å²) in [6.45, 7) is 2.13. The second kappa shape index (κ2) is 4.63. The molecule has 1 aliphatic heterocycles. The van der Waals surface area contributed by atoms with Crippen LogP contribution in [0, 0.1) is 5.92 Å². The smallest absolute Gasteiger partial charge is 0.0706 e. The Bertz CT molecular complexity index is 245. The highest BCUT2D eigenvalue weighted by molar-refractivity contribution is 6.02. The van der Waals surface area contributed by atoms with Crippen molar-refractivity contribution < 1.29 is 0 Å². The van der Waals surface area contributed by atoms with Crippen LogP contribution >= 0.6 is 0 Å². The quantitative estimate of drug-likeness (QED) is 0.608. The van der Waals surface area contributed by atoms with Crippen molar-refractivity contribution in [3.8, 4) is 0 Å². The summed E-state index contributed by atoms with van der Waals surface area (Å²) >= 11 is 0. The molecule has 0 unspecified atom stereocenters. The minimum atomic E-state index is 0.692. The monoisotopic (exact) mass is 191 g/mol. The number of nitrogens with zero attached hydrogens (tertiary/aromatic N) is 2. The fourth-order valence-electron chi connectivity index (χ4n) is 2.46. The van der Waals surface area contributed by atoms with Crippen LogP contribution in [0.15, 0.2) is 16.9 Å². The molecule has 77 valence electrons. The Hall–Kier alpha value is -0.790. The maximum atomic E-state index is 4.26. The third kappa shape index (κ3) is 2.17. The lowest BCUT2D eigenvalue weighted by Crippen LogP contribution is -2.15. The van der Waals surface area contributed by atoms with Crippen LogP contribution in [0.4, 0.5) is 0 Å². The molecular formula is C12H19N2. The van der Waals surface area contributed by atoms with Gasteiger partial charge in [0, 0.05) is 5.92 Å². The molecule has 1 saturated carbocycles. The van der Waals surface area contributed by atoms with Crippen LogP contribution in [0.2, 0.25) is 0 Å². The van der Waals surface area contributed by atoms with E-state index in [9.17, 15) is 0 Å². The lowest BCUT2D eigenvalue weighted by atomic mass is 9.86. The normalized spacial score (nSPS) is 24.6. The van der Waals surface area contributed by atoms with Gasteiger partial charge in [0.05, 0.1) is 11.9 Å². The van der Waals surface area contributed by atoms with Crippen LogP contribution in [-0.2, 0) is 0 Å². The fourth-order valence-corrected chi connectivity index (χ4v) is 2.46. The molecule has 14 heavy (non-hydrogen) atoms. The summed E-state index contributed by atoms with van der Waals surface area (Å²) in [6.07, 6.45) is 11.5. The molecule has 2 nitrogen and oxygen atoms in total. The molecule has 0 aromatic carbocycles. The lowest BCUT2D eigenvalue weighted by molar-refractivity contribution is 0.452. The summed E-state index contributed by atoms with van der Waals surface area (Å²) in [5.41, 5.74) is 6.56. The summed E-state index contributed by atoms with van der Waals surface area (Å²) in [5, 5.41) is 4.26. The van der Waals surface area contributed by atoms with Crippen LogP contribution in [0.1, 0.15) is 51.9 Å². The topological polar surface area (TPSA) is 26.5 Å². The molecule has 1 aliphatic carbocycles. The summed E-state index contributed by atoms with van der Waals surface area (Å²) in [4.78, 5) is 0. The molecule has 0 bridgehead atoms. The first-order valence-corrected chi connectivity index (χ1v) is 5.83. The summed E-state index contributed by atoms with van der Waals surface area (Å²) < 4.78 is 0. The van der Waals surface area contributed by atoms with E-state index in [2.05, 4.69) is 17.5 Å². The second-order valence-corrected chi connectivity index (χ2v) is 4.45. The predicted molar refractivity (Wildman–Crippen MR) is 59.1 cm³/mol. The molecule has 2 aliphatic rings. The Balaban J connectivity index is 1.97. The summed E-state index contributed by atoms with van der Waals surface area (Å²) in [6, 6.07) is 0. The zero-order valence-electron chi connectivity index (χ0n) is 9.00. The van der Waals surface area contributed by atoms with Gasteiger partial charge in [0.15, 0.2) is 0 Å². The van der Waals surface area contributed by atoms with Crippen molar-refractivity contribution in [2.45, 2.75) is 51.9 Å². The van der Waals surface area contributed by atoms with E-state index in [1.54, 1.807) is 0 Å². The van der Waals surface area contributed by atoms with E-state index in [1.807, 2.05) is 6.20 Å². The Kier molecular flexibility index (Phi) is 3.22. The Morgan fingerprint density at radius 3 is 2.29 bits per heavy atom. The number of hydrogen-bond donors (Lipinski definition) is 0. The zero-order chi connectivity index (χ0) is 9.80. The van der Waals surface area contributed by atoms with Gasteiger partial charge in [0.25, 0.3) is 0 Å². The van der Waals surface area contributed by atoms with E-state index in [-0.39, 0.29) is 0 Å². The van der Waals surface area contributed by atoms with Crippen molar-refractivity contribution in [1.29, 1.82) is 0 Å². The van der Waals surface area contributed by atoms with Gasteiger partial charge < -0.3 is 0 Å². The van der Waals surface area contributed by atoms with Gasteiger partial charge in [-0.1, -0.05) is 32.1 Å². The van der Waals surface area contributed by atoms with Gasteiger partial charge in [-0.25, -0.2) is 0 Å². The minimum absolute atomic E-state index is 0.692. The Morgan fingerprint density at radius 1 is 1.07 bits per heavy atom. The zero-order valence-corrected chi connectivity index (χ0v) is 9.00. The van der Waals surface area contributed by atoms with E-state index >= 15 is 0 Å². The average Bonchev–Trinajstić information content (AvgIpc) is 2.51. The molecule has 1 fully saturated rings. The number of hydrogen-bond acceptors (Lipinski definition) is 1. The van der Waals surface area contributed by atoms with Gasteiger partial charge >= 0.3 is 0 Å². The molecule has 0 atom stereocenters. The van der Waals surface area contributed by atoms with Gasteiger partial charge in [-0.05, 0) is 25.3 Å². The fraction of sp³-hybridized carbons (Fsp3) is 0.750. The molecule has 1 heterocycles. The summed E-state index contributed by atoms with van der Waals surface area (Å²) in [5.74, 6) is 0.692. The molecular weight excluding hydrogens is 172 g/mol. The maximum absolute atomic E-state index is 4.26. The molecule has 0 aromatic rings. The highest BCUT2D eigenvalue weighted by Crippen LogP contribution is 2.26.